The van der Waals surface area contributed by atoms with Crippen molar-refractivity contribution in [3.05, 3.63) is 59.7 Å². The summed E-state index contributed by atoms with van der Waals surface area (Å²) in [4.78, 5) is 24.1. The molecule has 0 unspecified atom stereocenters. The zero-order chi connectivity index (χ0) is 19.6. The average Bonchev–Trinajstić information content (AvgIpc) is 2.67. The van der Waals surface area contributed by atoms with Gasteiger partial charge in [0.25, 0.3) is 5.91 Å². The molecule has 6 heteroatoms. The molecule has 0 spiro atoms. The Morgan fingerprint density at radius 2 is 1.78 bits per heavy atom. The number of carboxylic acid groups (broad SMARTS) is 1. The Kier molecular flexibility index (Phi) is 7.67. The quantitative estimate of drug-likeness (QED) is 0.669. The molecule has 2 aromatic carbocycles. The van der Waals surface area contributed by atoms with Crippen molar-refractivity contribution in [1.29, 1.82) is 0 Å². The molecule has 2 rings (SSSR count). The first-order chi connectivity index (χ1) is 13.0. The molecule has 2 aromatic rings. The minimum Gasteiger partial charge on any atom is -0.490 e. The van der Waals surface area contributed by atoms with Crippen LogP contribution in [0, 0.1) is 0 Å². The Hall–Kier alpha value is -3.02. The molecule has 0 saturated carbocycles. The molecule has 0 aliphatic rings. The van der Waals surface area contributed by atoms with Crippen LogP contribution in [0.25, 0.3) is 0 Å². The van der Waals surface area contributed by atoms with E-state index in [0.717, 1.165) is 12.0 Å². The number of carbonyl (C=O) groups excluding carboxylic acids is 1. The number of hydrogen-bond donors (Lipinski definition) is 2. The lowest BCUT2D eigenvalue weighted by Crippen LogP contribution is -2.42. The summed E-state index contributed by atoms with van der Waals surface area (Å²) < 4.78 is 11.2. The van der Waals surface area contributed by atoms with Crippen molar-refractivity contribution in [1.82, 2.24) is 5.32 Å². The van der Waals surface area contributed by atoms with Crippen LogP contribution in [0.1, 0.15) is 36.2 Å². The van der Waals surface area contributed by atoms with E-state index < -0.39 is 17.9 Å². The summed E-state index contributed by atoms with van der Waals surface area (Å²) in [6.45, 7) is 4.82. The van der Waals surface area contributed by atoms with Crippen LogP contribution in [-0.2, 0) is 11.2 Å². The van der Waals surface area contributed by atoms with E-state index in [1.54, 1.807) is 18.2 Å². The third kappa shape index (κ3) is 6.02. The first-order valence-electron chi connectivity index (χ1n) is 9.02. The molecule has 0 aliphatic heterocycles. The van der Waals surface area contributed by atoms with E-state index in [9.17, 15) is 14.7 Å². The Balaban J connectivity index is 2.14. The predicted molar refractivity (Wildman–Crippen MR) is 102 cm³/mol. The van der Waals surface area contributed by atoms with Crippen molar-refractivity contribution >= 4 is 11.9 Å². The van der Waals surface area contributed by atoms with Gasteiger partial charge in [0, 0.05) is 12.0 Å². The lowest BCUT2D eigenvalue weighted by Gasteiger charge is -2.16. The van der Waals surface area contributed by atoms with Crippen LogP contribution in [0.5, 0.6) is 11.5 Å². The highest BCUT2D eigenvalue weighted by atomic mass is 16.5. The minimum absolute atomic E-state index is 0.206. The van der Waals surface area contributed by atoms with Gasteiger partial charge in [0.1, 0.15) is 6.04 Å². The summed E-state index contributed by atoms with van der Waals surface area (Å²) >= 11 is 0. The molecule has 0 fully saturated rings. The number of amides is 1. The number of carbonyl (C=O) groups is 2. The molecular weight excluding hydrogens is 346 g/mol. The monoisotopic (exact) mass is 371 g/mol. The average molecular weight is 371 g/mol. The first-order valence-corrected chi connectivity index (χ1v) is 9.02. The number of ether oxygens (including phenoxy) is 2. The third-order valence-corrected chi connectivity index (χ3v) is 3.85. The summed E-state index contributed by atoms with van der Waals surface area (Å²) in [7, 11) is 0. The summed E-state index contributed by atoms with van der Waals surface area (Å²) in [6, 6.07) is 13.0. The van der Waals surface area contributed by atoms with Gasteiger partial charge in [0.2, 0.25) is 0 Å². The van der Waals surface area contributed by atoms with Crippen LogP contribution in [0.3, 0.4) is 0 Å². The number of carboxylic acids is 1. The van der Waals surface area contributed by atoms with Crippen LogP contribution in [0.4, 0.5) is 0 Å². The summed E-state index contributed by atoms with van der Waals surface area (Å²) in [5.41, 5.74) is 1.16. The van der Waals surface area contributed by atoms with Crippen molar-refractivity contribution in [2.24, 2.45) is 0 Å². The van der Waals surface area contributed by atoms with Crippen molar-refractivity contribution < 1.29 is 24.2 Å². The highest BCUT2D eigenvalue weighted by molar-refractivity contribution is 5.97. The molecule has 0 saturated heterocycles. The maximum Gasteiger partial charge on any atom is 0.326 e. The highest BCUT2D eigenvalue weighted by Crippen LogP contribution is 2.28. The molecule has 0 radical (unpaired) electrons. The second-order valence-electron chi connectivity index (χ2n) is 6.00. The van der Waals surface area contributed by atoms with Gasteiger partial charge < -0.3 is 19.9 Å². The van der Waals surface area contributed by atoms with E-state index in [1.165, 1.54) is 0 Å². The largest absolute Gasteiger partial charge is 0.490 e. The molecule has 0 aromatic heterocycles. The van der Waals surface area contributed by atoms with Crippen molar-refractivity contribution in [3.8, 4) is 11.5 Å². The zero-order valence-corrected chi connectivity index (χ0v) is 15.6. The van der Waals surface area contributed by atoms with E-state index in [4.69, 9.17) is 9.47 Å². The molecule has 1 amide bonds. The molecule has 27 heavy (non-hydrogen) atoms. The minimum atomic E-state index is -1.08. The van der Waals surface area contributed by atoms with Crippen molar-refractivity contribution in [2.75, 3.05) is 13.2 Å². The topological polar surface area (TPSA) is 84.9 Å². The van der Waals surface area contributed by atoms with E-state index in [2.05, 4.69) is 5.32 Å². The lowest BCUT2D eigenvalue weighted by molar-refractivity contribution is -0.139. The Morgan fingerprint density at radius 3 is 2.41 bits per heavy atom. The van der Waals surface area contributed by atoms with Gasteiger partial charge in [-0.25, -0.2) is 4.79 Å². The fraction of sp³-hybridized carbons (Fsp3) is 0.333. The molecular formula is C21H25NO5. The van der Waals surface area contributed by atoms with Gasteiger partial charge >= 0.3 is 5.97 Å². The van der Waals surface area contributed by atoms with Crippen LogP contribution in [0.2, 0.25) is 0 Å². The summed E-state index contributed by atoms with van der Waals surface area (Å²) in [5, 5.41) is 12.0. The zero-order valence-electron chi connectivity index (χ0n) is 15.6. The molecule has 0 bridgehead atoms. The van der Waals surface area contributed by atoms with Gasteiger partial charge in [-0.05, 0) is 37.1 Å². The van der Waals surface area contributed by atoms with Gasteiger partial charge in [-0.3, -0.25) is 4.79 Å². The smallest absolute Gasteiger partial charge is 0.326 e. The van der Waals surface area contributed by atoms with E-state index in [0.29, 0.717) is 30.3 Å². The first kappa shape index (κ1) is 20.3. The van der Waals surface area contributed by atoms with Gasteiger partial charge in [-0.2, -0.15) is 0 Å². The Morgan fingerprint density at radius 1 is 1.04 bits per heavy atom. The number of aliphatic carboxylic acids is 1. The normalized spacial score (nSPS) is 11.5. The molecule has 0 aliphatic carbocycles. The van der Waals surface area contributed by atoms with Crippen LogP contribution >= 0.6 is 0 Å². The number of hydrogen-bond acceptors (Lipinski definition) is 4. The van der Waals surface area contributed by atoms with Crippen LogP contribution in [0.15, 0.2) is 48.5 Å². The molecule has 2 N–H and O–H groups in total. The maximum absolute atomic E-state index is 12.6. The number of rotatable bonds is 10. The molecule has 0 heterocycles. The lowest BCUT2D eigenvalue weighted by atomic mass is 10.1. The van der Waals surface area contributed by atoms with Crippen LogP contribution in [-0.4, -0.2) is 36.2 Å². The van der Waals surface area contributed by atoms with E-state index in [1.807, 2.05) is 44.2 Å². The second kappa shape index (κ2) is 10.2. The number of nitrogens with one attached hydrogen (secondary N) is 1. The van der Waals surface area contributed by atoms with Gasteiger partial charge in [0.05, 0.1) is 13.2 Å². The standard InChI is InChI=1S/C21H25NO5/c1-3-12-27-18-11-10-16(14-19(18)26-4-2)20(23)22-17(21(24)25)13-15-8-6-5-7-9-15/h5-11,14,17H,3-4,12-13H2,1-2H3,(H,22,23)(H,24,25)/t17-/m0/s1. The fourth-order valence-corrected chi connectivity index (χ4v) is 2.54. The fourth-order valence-electron chi connectivity index (χ4n) is 2.54. The van der Waals surface area contributed by atoms with Crippen molar-refractivity contribution in [3.63, 3.8) is 0 Å². The molecule has 1 atom stereocenters. The third-order valence-electron chi connectivity index (χ3n) is 3.85. The highest BCUT2D eigenvalue weighted by Gasteiger charge is 2.22. The Bertz CT molecular complexity index is 760. The Labute approximate surface area is 159 Å². The molecule has 144 valence electrons. The predicted octanol–water partition coefficient (Wildman–Crippen LogP) is 3.30. The second-order valence-corrected chi connectivity index (χ2v) is 6.00. The van der Waals surface area contributed by atoms with Gasteiger partial charge in [-0.15, -0.1) is 0 Å². The summed E-state index contributed by atoms with van der Waals surface area (Å²) in [6.07, 6.45) is 1.06. The SMILES string of the molecule is CCCOc1ccc(C(=O)N[C@@H](Cc2ccccc2)C(=O)O)cc1OCC. The van der Waals surface area contributed by atoms with Gasteiger partial charge in [-0.1, -0.05) is 37.3 Å². The van der Waals surface area contributed by atoms with E-state index in [-0.39, 0.29) is 6.42 Å². The maximum atomic E-state index is 12.6. The summed E-state index contributed by atoms with van der Waals surface area (Å²) in [5.74, 6) is -0.524. The van der Waals surface area contributed by atoms with Crippen molar-refractivity contribution in [2.45, 2.75) is 32.7 Å². The van der Waals surface area contributed by atoms with Gasteiger partial charge in [0.15, 0.2) is 11.5 Å². The number of benzene rings is 2. The van der Waals surface area contributed by atoms with Crippen LogP contribution < -0.4 is 14.8 Å². The molecule has 6 nitrogen and oxygen atoms in total. The van der Waals surface area contributed by atoms with E-state index >= 15 is 0 Å².